The summed E-state index contributed by atoms with van der Waals surface area (Å²) in [4.78, 5) is 0. The fourth-order valence-electron chi connectivity index (χ4n) is 1.66. The van der Waals surface area contributed by atoms with Gasteiger partial charge in [-0.05, 0) is 38.3 Å². The van der Waals surface area contributed by atoms with E-state index in [1.165, 1.54) is 12.0 Å². The molecular weight excluding hydrogens is 204 g/mol. The number of rotatable bonds is 4. The maximum Gasteiger partial charge on any atom is 0.191 e. The van der Waals surface area contributed by atoms with Gasteiger partial charge >= 0.3 is 0 Å². The molecule has 0 amide bonds. The van der Waals surface area contributed by atoms with Gasteiger partial charge in [0.25, 0.3) is 0 Å². The molecule has 1 aromatic carbocycles. The van der Waals surface area contributed by atoms with E-state index in [1.807, 2.05) is 24.3 Å². The normalized spacial score (nSPS) is 20.7. The molecule has 1 atom stereocenters. The Balaban J connectivity index is 1.69. The quantitative estimate of drug-likeness (QED) is 0.733. The van der Waals surface area contributed by atoms with E-state index in [-0.39, 0.29) is 13.1 Å². The van der Waals surface area contributed by atoms with E-state index in [2.05, 4.69) is 6.92 Å². The van der Waals surface area contributed by atoms with Crippen molar-refractivity contribution in [3.05, 3.63) is 29.8 Å². The highest BCUT2D eigenvalue weighted by atomic mass is 16.7. The molecule has 1 aliphatic heterocycles. The summed E-state index contributed by atoms with van der Waals surface area (Å²) >= 11 is 0. The van der Waals surface area contributed by atoms with Gasteiger partial charge in [-0.1, -0.05) is 17.7 Å². The Morgan fingerprint density at radius 3 is 2.75 bits per heavy atom. The van der Waals surface area contributed by atoms with Gasteiger partial charge in [-0.3, -0.25) is 0 Å². The largest absolute Gasteiger partial charge is 0.467 e. The predicted molar refractivity (Wildman–Crippen MR) is 61.4 cm³/mol. The van der Waals surface area contributed by atoms with Crippen molar-refractivity contribution < 1.29 is 14.2 Å². The third-order valence-electron chi connectivity index (χ3n) is 2.64. The molecule has 1 heterocycles. The van der Waals surface area contributed by atoms with Crippen molar-refractivity contribution in [1.82, 2.24) is 0 Å². The molecule has 0 N–H and O–H groups in total. The van der Waals surface area contributed by atoms with Crippen molar-refractivity contribution in [2.45, 2.75) is 32.5 Å². The van der Waals surface area contributed by atoms with Crippen molar-refractivity contribution in [3.8, 4) is 5.75 Å². The van der Waals surface area contributed by atoms with E-state index in [0.717, 1.165) is 25.2 Å². The maximum absolute atomic E-state index is 5.47. The van der Waals surface area contributed by atoms with Crippen LogP contribution in [0.1, 0.15) is 24.8 Å². The highest BCUT2D eigenvalue weighted by molar-refractivity contribution is 5.26. The minimum atomic E-state index is -0.0841. The Kier molecular flexibility index (Phi) is 4.19. The number of ether oxygens (including phenoxy) is 3. The molecular formula is C13H18O3. The lowest BCUT2D eigenvalue weighted by atomic mass is 10.2. The van der Waals surface area contributed by atoms with Crippen molar-refractivity contribution in [3.63, 3.8) is 0 Å². The van der Waals surface area contributed by atoms with Crippen LogP contribution < -0.4 is 4.74 Å². The average molecular weight is 222 g/mol. The van der Waals surface area contributed by atoms with Gasteiger partial charge in [0, 0.05) is 6.61 Å². The monoisotopic (exact) mass is 222 g/mol. The molecule has 16 heavy (non-hydrogen) atoms. The van der Waals surface area contributed by atoms with Crippen LogP contribution in [0.3, 0.4) is 0 Å². The Morgan fingerprint density at radius 1 is 1.25 bits per heavy atom. The predicted octanol–water partition coefficient (Wildman–Crippen LogP) is 2.87. The second kappa shape index (κ2) is 5.87. The van der Waals surface area contributed by atoms with Gasteiger partial charge < -0.3 is 14.2 Å². The molecule has 0 bridgehead atoms. The van der Waals surface area contributed by atoms with Crippen LogP contribution in [0, 0.1) is 6.92 Å². The molecule has 88 valence electrons. The van der Waals surface area contributed by atoms with E-state index < -0.39 is 0 Å². The van der Waals surface area contributed by atoms with Crippen LogP contribution >= 0.6 is 0 Å². The second-order valence-corrected chi connectivity index (χ2v) is 4.04. The summed E-state index contributed by atoms with van der Waals surface area (Å²) in [6.07, 6.45) is 3.20. The molecule has 0 saturated carbocycles. The van der Waals surface area contributed by atoms with Crippen LogP contribution in [0.25, 0.3) is 0 Å². The minimum Gasteiger partial charge on any atom is -0.467 e. The first-order valence-electron chi connectivity index (χ1n) is 5.77. The molecule has 0 aliphatic carbocycles. The van der Waals surface area contributed by atoms with Gasteiger partial charge in [-0.15, -0.1) is 0 Å². The van der Waals surface area contributed by atoms with Crippen LogP contribution in [0.4, 0.5) is 0 Å². The molecule has 3 nitrogen and oxygen atoms in total. The number of aryl methyl sites for hydroxylation is 1. The first-order chi connectivity index (χ1) is 7.84. The van der Waals surface area contributed by atoms with E-state index >= 15 is 0 Å². The van der Waals surface area contributed by atoms with Crippen LogP contribution in [0.15, 0.2) is 24.3 Å². The molecule has 1 saturated heterocycles. The summed E-state index contributed by atoms with van der Waals surface area (Å²) in [6.45, 7) is 3.11. The van der Waals surface area contributed by atoms with Crippen LogP contribution in [-0.2, 0) is 9.47 Å². The van der Waals surface area contributed by atoms with Gasteiger partial charge in [0.15, 0.2) is 13.1 Å². The molecule has 0 radical (unpaired) electrons. The lowest BCUT2D eigenvalue weighted by Crippen LogP contribution is -2.24. The van der Waals surface area contributed by atoms with Gasteiger partial charge in [0.05, 0.1) is 0 Å². The standard InChI is InChI=1S/C13H18O3/c1-11-5-7-12(8-6-11)15-10-16-13-4-2-3-9-14-13/h5-8,13H,2-4,9-10H2,1H3. The van der Waals surface area contributed by atoms with Crippen molar-refractivity contribution >= 4 is 0 Å². The lowest BCUT2D eigenvalue weighted by Gasteiger charge is -2.22. The Hall–Kier alpha value is -1.06. The average Bonchev–Trinajstić information content (AvgIpc) is 2.33. The third-order valence-corrected chi connectivity index (χ3v) is 2.64. The number of hydrogen-bond acceptors (Lipinski definition) is 3. The Labute approximate surface area is 96.3 Å². The van der Waals surface area contributed by atoms with Gasteiger partial charge in [-0.25, -0.2) is 0 Å². The zero-order chi connectivity index (χ0) is 11.2. The summed E-state index contributed by atoms with van der Waals surface area (Å²) < 4.78 is 16.4. The van der Waals surface area contributed by atoms with E-state index in [4.69, 9.17) is 14.2 Å². The number of benzene rings is 1. The highest BCUT2D eigenvalue weighted by Gasteiger charge is 2.13. The fourth-order valence-corrected chi connectivity index (χ4v) is 1.66. The molecule has 1 aliphatic rings. The zero-order valence-corrected chi connectivity index (χ0v) is 9.65. The topological polar surface area (TPSA) is 27.7 Å². The lowest BCUT2D eigenvalue weighted by molar-refractivity contribution is -0.190. The molecule has 1 fully saturated rings. The Bertz CT molecular complexity index is 301. The van der Waals surface area contributed by atoms with Crippen LogP contribution in [0.2, 0.25) is 0 Å². The van der Waals surface area contributed by atoms with Crippen molar-refractivity contribution in [2.24, 2.45) is 0 Å². The van der Waals surface area contributed by atoms with Gasteiger partial charge in [0.2, 0.25) is 0 Å². The summed E-state index contributed by atoms with van der Waals surface area (Å²) in [6, 6.07) is 7.93. The van der Waals surface area contributed by atoms with Crippen molar-refractivity contribution in [2.75, 3.05) is 13.4 Å². The molecule has 0 aromatic heterocycles. The zero-order valence-electron chi connectivity index (χ0n) is 9.65. The van der Waals surface area contributed by atoms with E-state index in [0.29, 0.717) is 0 Å². The number of hydrogen-bond donors (Lipinski definition) is 0. The molecule has 2 rings (SSSR count). The highest BCUT2D eigenvalue weighted by Crippen LogP contribution is 2.15. The first-order valence-corrected chi connectivity index (χ1v) is 5.77. The van der Waals surface area contributed by atoms with Crippen LogP contribution in [-0.4, -0.2) is 19.7 Å². The van der Waals surface area contributed by atoms with E-state index in [1.54, 1.807) is 0 Å². The molecule has 3 heteroatoms. The van der Waals surface area contributed by atoms with Crippen LogP contribution in [0.5, 0.6) is 5.75 Å². The van der Waals surface area contributed by atoms with E-state index in [9.17, 15) is 0 Å². The minimum absolute atomic E-state index is 0.0841. The summed E-state index contributed by atoms with van der Waals surface area (Å²) in [5.41, 5.74) is 1.23. The fraction of sp³-hybridized carbons (Fsp3) is 0.538. The SMILES string of the molecule is Cc1ccc(OCOC2CCCCO2)cc1. The molecule has 1 aromatic rings. The van der Waals surface area contributed by atoms with Gasteiger partial charge in [-0.2, -0.15) is 0 Å². The summed E-state index contributed by atoms with van der Waals surface area (Å²) in [5, 5.41) is 0. The molecule has 1 unspecified atom stereocenters. The van der Waals surface area contributed by atoms with Gasteiger partial charge in [0.1, 0.15) is 5.75 Å². The Morgan fingerprint density at radius 2 is 2.06 bits per heavy atom. The third kappa shape index (κ3) is 3.51. The second-order valence-electron chi connectivity index (χ2n) is 4.04. The summed E-state index contributed by atoms with van der Waals surface area (Å²) in [5.74, 6) is 0.835. The molecule has 0 spiro atoms. The summed E-state index contributed by atoms with van der Waals surface area (Å²) in [7, 11) is 0. The first kappa shape index (κ1) is 11.4. The van der Waals surface area contributed by atoms with Crippen molar-refractivity contribution in [1.29, 1.82) is 0 Å². The smallest absolute Gasteiger partial charge is 0.191 e. The maximum atomic E-state index is 5.47.